The minimum atomic E-state index is 0.167. The van der Waals surface area contributed by atoms with Crippen molar-refractivity contribution in [1.29, 1.82) is 0 Å². The molecule has 1 atom stereocenters. The second kappa shape index (κ2) is 5.28. The van der Waals surface area contributed by atoms with Gasteiger partial charge in [0.1, 0.15) is 5.01 Å². The molecule has 0 amide bonds. The van der Waals surface area contributed by atoms with E-state index >= 15 is 0 Å². The monoisotopic (exact) mass is 238 g/mol. The van der Waals surface area contributed by atoms with E-state index in [2.05, 4.69) is 18.8 Å². The number of rotatable bonds is 3. The SMILES string of the molecule is Cc1nc(C(N)CC2CCCCC2)sc1C. The van der Waals surface area contributed by atoms with E-state index in [0.717, 1.165) is 23.0 Å². The lowest BCUT2D eigenvalue weighted by molar-refractivity contribution is 0.319. The quantitative estimate of drug-likeness (QED) is 0.871. The lowest BCUT2D eigenvalue weighted by Crippen LogP contribution is -2.17. The molecule has 1 fully saturated rings. The van der Waals surface area contributed by atoms with Crippen LogP contribution in [-0.2, 0) is 0 Å². The molecule has 1 aliphatic rings. The molecule has 3 heteroatoms. The largest absolute Gasteiger partial charge is 0.322 e. The Morgan fingerprint density at radius 2 is 2.00 bits per heavy atom. The van der Waals surface area contributed by atoms with Gasteiger partial charge in [-0.15, -0.1) is 11.3 Å². The average Bonchev–Trinajstić information content (AvgIpc) is 2.61. The van der Waals surface area contributed by atoms with Gasteiger partial charge in [0.05, 0.1) is 11.7 Å². The topological polar surface area (TPSA) is 38.9 Å². The maximum Gasteiger partial charge on any atom is 0.110 e. The van der Waals surface area contributed by atoms with E-state index < -0.39 is 0 Å². The van der Waals surface area contributed by atoms with Gasteiger partial charge in [-0.1, -0.05) is 32.1 Å². The highest BCUT2D eigenvalue weighted by Crippen LogP contribution is 2.32. The molecular formula is C13H22N2S. The van der Waals surface area contributed by atoms with Crippen LogP contribution >= 0.6 is 11.3 Å². The minimum Gasteiger partial charge on any atom is -0.322 e. The number of hydrogen-bond donors (Lipinski definition) is 1. The molecule has 1 aliphatic carbocycles. The van der Waals surface area contributed by atoms with Crippen molar-refractivity contribution in [3.63, 3.8) is 0 Å². The highest BCUT2D eigenvalue weighted by molar-refractivity contribution is 7.11. The van der Waals surface area contributed by atoms with E-state index in [4.69, 9.17) is 5.73 Å². The zero-order chi connectivity index (χ0) is 11.5. The van der Waals surface area contributed by atoms with Gasteiger partial charge in [0, 0.05) is 4.88 Å². The summed E-state index contributed by atoms with van der Waals surface area (Å²) in [6.45, 7) is 4.20. The minimum absolute atomic E-state index is 0.167. The van der Waals surface area contributed by atoms with E-state index in [1.807, 2.05) is 0 Å². The van der Waals surface area contributed by atoms with Crippen molar-refractivity contribution in [2.24, 2.45) is 11.7 Å². The summed E-state index contributed by atoms with van der Waals surface area (Å²) in [4.78, 5) is 5.88. The second-order valence-electron chi connectivity index (χ2n) is 5.04. The summed E-state index contributed by atoms with van der Waals surface area (Å²) >= 11 is 1.77. The average molecular weight is 238 g/mol. The number of aryl methyl sites for hydroxylation is 2. The zero-order valence-corrected chi connectivity index (χ0v) is 11.1. The Morgan fingerprint density at radius 3 is 2.56 bits per heavy atom. The molecule has 0 saturated heterocycles. The van der Waals surface area contributed by atoms with Crippen molar-refractivity contribution in [2.75, 3.05) is 0 Å². The van der Waals surface area contributed by atoms with Gasteiger partial charge in [0.25, 0.3) is 0 Å². The Balaban J connectivity index is 1.93. The van der Waals surface area contributed by atoms with Crippen molar-refractivity contribution < 1.29 is 0 Å². The van der Waals surface area contributed by atoms with Crippen LogP contribution in [0.15, 0.2) is 0 Å². The van der Waals surface area contributed by atoms with E-state index in [0.29, 0.717) is 0 Å². The first kappa shape index (κ1) is 12.1. The van der Waals surface area contributed by atoms with Crippen molar-refractivity contribution in [2.45, 2.75) is 58.4 Å². The summed E-state index contributed by atoms with van der Waals surface area (Å²) in [5.74, 6) is 0.841. The van der Waals surface area contributed by atoms with Gasteiger partial charge in [-0.3, -0.25) is 0 Å². The number of thiazole rings is 1. The van der Waals surface area contributed by atoms with Gasteiger partial charge in [-0.05, 0) is 26.2 Å². The molecule has 2 nitrogen and oxygen atoms in total. The molecule has 0 bridgehead atoms. The van der Waals surface area contributed by atoms with Crippen LogP contribution in [0.1, 0.15) is 60.1 Å². The normalized spacial score (nSPS) is 19.9. The van der Waals surface area contributed by atoms with E-state index in [9.17, 15) is 0 Å². The van der Waals surface area contributed by atoms with E-state index in [1.165, 1.54) is 37.0 Å². The third-order valence-corrected chi connectivity index (χ3v) is 4.88. The van der Waals surface area contributed by atoms with E-state index in [1.54, 1.807) is 11.3 Å². The summed E-state index contributed by atoms with van der Waals surface area (Å²) in [5.41, 5.74) is 7.41. The van der Waals surface area contributed by atoms with Crippen LogP contribution in [-0.4, -0.2) is 4.98 Å². The first-order chi connectivity index (χ1) is 7.66. The number of aromatic nitrogens is 1. The fraction of sp³-hybridized carbons (Fsp3) is 0.769. The van der Waals surface area contributed by atoms with E-state index in [-0.39, 0.29) is 6.04 Å². The third kappa shape index (κ3) is 2.83. The first-order valence-electron chi connectivity index (χ1n) is 6.36. The molecule has 0 aromatic carbocycles. The number of nitrogens with two attached hydrogens (primary N) is 1. The summed E-state index contributed by atoms with van der Waals surface area (Å²) in [7, 11) is 0. The molecule has 0 spiro atoms. The molecule has 2 rings (SSSR count). The lowest BCUT2D eigenvalue weighted by Gasteiger charge is -2.23. The summed E-state index contributed by atoms with van der Waals surface area (Å²) in [6, 6.07) is 0.167. The molecule has 90 valence electrons. The van der Waals surface area contributed by atoms with Gasteiger partial charge >= 0.3 is 0 Å². The molecule has 1 heterocycles. The van der Waals surface area contributed by atoms with Crippen molar-refractivity contribution >= 4 is 11.3 Å². The zero-order valence-electron chi connectivity index (χ0n) is 10.3. The molecule has 1 aromatic heterocycles. The van der Waals surface area contributed by atoms with Crippen molar-refractivity contribution in [3.05, 3.63) is 15.6 Å². The molecule has 0 aliphatic heterocycles. The molecule has 16 heavy (non-hydrogen) atoms. The lowest BCUT2D eigenvalue weighted by atomic mass is 9.85. The molecule has 2 N–H and O–H groups in total. The molecule has 1 aromatic rings. The maximum atomic E-state index is 6.26. The summed E-state index contributed by atoms with van der Waals surface area (Å²) < 4.78 is 0. The fourth-order valence-electron chi connectivity index (χ4n) is 2.54. The standard InChI is InChI=1S/C13H22N2S/c1-9-10(2)16-13(15-9)12(14)8-11-6-4-3-5-7-11/h11-12H,3-8,14H2,1-2H3. The second-order valence-corrected chi connectivity index (χ2v) is 6.27. The van der Waals surface area contributed by atoms with Crippen molar-refractivity contribution in [3.8, 4) is 0 Å². The van der Waals surface area contributed by atoms with Crippen LogP contribution in [0.3, 0.4) is 0 Å². The van der Waals surface area contributed by atoms with Gasteiger partial charge in [-0.25, -0.2) is 4.98 Å². The summed E-state index contributed by atoms with van der Waals surface area (Å²) in [6.07, 6.45) is 8.09. The summed E-state index contributed by atoms with van der Waals surface area (Å²) in [5, 5.41) is 1.14. The number of nitrogens with zero attached hydrogens (tertiary/aromatic N) is 1. The van der Waals surface area contributed by atoms with Crippen LogP contribution in [0.4, 0.5) is 0 Å². The molecule has 1 unspecified atom stereocenters. The van der Waals surface area contributed by atoms with Crippen LogP contribution < -0.4 is 5.73 Å². The van der Waals surface area contributed by atoms with Crippen LogP contribution in [0.5, 0.6) is 0 Å². The van der Waals surface area contributed by atoms with Gasteiger partial charge in [0.2, 0.25) is 0 Å². The van der Waals surface area contributed by atoms with Crippen LogP contribution in [0.25, 0.3) is 0 Å². The van der Waals surface area contributed by atoms with Gasteiger partial charge in [0.15, 0.2) is 0 Å². The van der Waals surface area contributed by atoms with Gasteiger partial charge in [-0.2, -0.15) is 0 Å². The van der Waals surface area contributed by atoms with Gasteiger partial charge < -0.3 is 5.73 Å². The highest BCUT2D eigenvalue weighted by Gasteiger charge is 2.19. The maximum absolute atomic E-state index is 6.26. The molecular weight excluding hydrogens is 216 g/mol. The molecule has 0 radical (unpaired) electrons. The third-order valence-electron chi connectivity index (χ3n) is 3.67. The predicted molar refractivity (Wildman–Crippen MR) is 69.7 cm³/mol. The number of hydrogen-bond acceptors (Lipinski definition) is 3. The Labute approximate surface area is 102 Å². The van der Waals surface area contributed by atoms with Crippen molar-refractivity contribution in [1.82, 2.24) is 4.98 Å². The van der Waals surface area contributed by atoms with Crippen LogP contribution in [0, 0.1) is 19.8 Å². The first-order valence-corrected chi connectivity index (χ1v) is 7.18. The Hall–Kier alpha value is -0.410. The fourth-order valence-corrected chi connectivity index (χ4v) is 3.48. The predicted octanol–water partition coefficient (Wildman–Crippen LogP) is 3.73. The highest BCUT2D eigenvalue weighted by atomic mass is 32.1. The Bertz CT molecular complexity index is 320. The Morgan fingerprint density at radius 1 is 1.31 bits per heavy atom. The van der Waals surface area contributed by atoms with Crippen LogP contribution in [0.2, 0.25) is 0 Å². The molecule has 1 saturated carbocycles. The Kier molecular flexibility index (Phi) is 3.98. The smallest absolute Gasteiger partial charge is 0.110 e.